The van der Waals surface area contributed by atoms with Crippen molar-refractivity contribution in [3.8, 4) is 11.5 Å². The SMILES string of the molecule is CCOC(=N)c1cc(Cc2ccc3c(c2)OCO3)on1. The molecule has 104 valence electrons. The summed E-state index contributed by atoms with van der Waals surface area (Å²) >= 11 is 0. The summed E-state index contributed by atoms with van der Waals surface area (Å²) < 4.78 is 20.9. The topological polar surface area (TPSA) is 77.6 Å². The second-order valence-corrected chi connectivity index (χ2v) is 4.30. The van der Waals surface area contributed by atoms with E-state index in [-0.39, 0.29) is 12.7 Å². The molecule has 1 aromatic heterocycles. The Bertz CT molecular complexity index is 636. The van der Waals surface area contributed by atoms with Gasteiger partial charge in [-0.15, -0.1) is 0 Å². The van der Waals surface area contributed by atoms with Crippen LogP contribution in [0.1, 0.15) is 23.9 Å². The Morgan fingerprint density at radius 2 is 2.15 bits per heavy atom. The van der Waals surface area contributed by atoms with Crippen molar-refractivity contribution in [2.24, 2.45) is 0 Å². The van der Waals surface area contributed by atoms with E-state index in [1.54, 1.807) is 6.07 Å². The third kappa shape index (κ3) is 2.45. The van der Waals surface area contributed by atoms with Gasteiger partial charge in [0.05, 0.1) is 6.61 Å². The lowest BCUT2D eigenvalue weighted by molar-refractivity contribution is 0.174. The predicted octanol–water partition coefficient (Wildman–Crippen LogP) is 2.36. The van der Waals surface area contributed by atoms with Crippen molar-refractivity contribution in [3.05, 3.63) is 41.3 Å². The summed E-state index contributed by atoms with van der Waals surface area (Å²) in [5.41, 5.74) is 1.43. The molecule has 0 amide bonds. The normalized spacial score (nSPS) is 12.4. The minimum atomic E-state index is 0.0215. The molecular weight excluding hydrogens is 260 g/mol. The number of ether oxygens (including phenoxy) is 3. The van der Waals surface area contributed by atoms with Crippen LogP contribution in [0.3, 0.4) is 0 Å². The Kier molecular flexibility index (Phi) is 3.28. The number of hydrogen-bond acceptors (Lipinski definition) is 6. The van der Waals surface area contributed by atoms with Crippen LogP contribution in [0.4, 0.5) is 0 Å². The molecule has 1 aliphatic heterocycles. The molecule has 0 bridgehead atoms. The number of rotatable bonds is 4. The van der Waals surface area contributed by atoms with Crippen molar-refractivity contribution in [1.82, 2.24) is 5.16 Å². The fraction of sp³-hybridized carbons (Fsp3) is 0.286. The number of nitrogens with one attached hydrogen (secondary N) is 1. The number of fused-ring (bicyclic) bond motifs is 1. The van der Waals surface area contributed by atoms with E-state index in [0.717, 1.165) is 17.1 Å². The molecule has 0 radical (unpaired) electrons. The third-order valence-corrected chi connectivity index (χ3v) is 2.90. The average molecular weight is 274 g/mol. The third-order valence-electron chi connectivity index (χ3n) is 2.90. The summed E-state index contributed by atoms with van der Waals surface area (Å²) in [6.45, 7) is 2.52. The van der Waals surface area contributed by atoms with E-state index >= 15 is 0 Å². The van der Waals surface area contributed by atoms with Crippen LogP contribution in [-0.4, -0.2) is 24.5 Å². The maximum atomic E-state index is 7.64. The zero-order valence-electron chi connectivity index (χ0n) is 11.0. The van der Waals surface area contributed by atoms with Crippen LogP contribution in [0, 0.1) is 5.41 Å². The number of hydrogen-bond donors (Lipinski definition) is 1. The lowest BCUT2D eigenvalue weighted by Gasteiger charge is -2.00. The lowest BCUT2D eigenvalue weighted by atomic mass is 10.1. The first-order chi connectivity index (χ1) is 9.76. The highest BCUT2D eigenvalue weighted by molar-refractivity contribution is 5.89. The second kappa shape index (κ2) is 5.24. The Morgan fingerprint density at radius 3 is 3.00 bits per heavy atom. The van der Waals surface area contributed by atoms with E-state index in [9.17, 15) is 0 Å². The molecule has 0 saturated carbocycles. The maximum Gasteiger partial charge on any atom is 0.236 e. The lowest BCUT2D eigenvalue weighted by Crippen LogP contribution is -2.04. The highest BCUT2D eigenvalue weighted by Crippen LogP contribution is 2.33. The van der Waals surface area contributed by atoms with E-state index < -0.39 is 0 Å². The monoisotopic (exact) mass is 274 g/mol. The number of aromatic nitrogens is 1. The molecule has 0 saturated heterocycles. The van der Waals surface area contributed by atoms with Crippen LogP contribution in [-0.2, 0) is 11.2 Å². The van der Waals surface area contributed by atoms with Crippen LogP contribution in [0.5, 0.6) is 11.5 Å². The van der Waals surface area contributed by atoms with E-state index in [2.05, 4.69) is 5.16 Å². The molecule has 0 fully saturated rings. The van der Waals surface area contributed by atoms with Gasteiger partial charge in [0.25, 0.3) is 0 Å². The summed E-state index contributed by atoms with van der Waals surface area (Å²) in [5.74, 6) is 2.19. The van der Waals surface area contributed by atoms with Gasteiger partial charge in [-0.05, 0) is 24.6 Å². The molecule has 2 aromatic rings. The minimum absolute atomic E-state index is 0.0215. The fourth-order valence-electron chi connectivity index (χ4n) is 1.97. The van der Waals surface area contributed by atoms with Crippen LogP contribution in [0.15, 0.2) is 28.8 Å². The van der Waals surface area contributed by atoms with Gasteiger partial charge in [0.15, 0.2) is 17.2 Å². The van der Waals surface area contributed by atoms with Gasteiger partial charge in [-0.25, -0.2) is 0 Å². The van der Waals surface area contributed by atoms with Crippen molar-refractivity contribution in [3.63, 3.8) is 0 Å². The second-order valence-electron chi connectivity index (χ2n) is 4.30. The molecule has 1 N–H and O–H groups in total. The summed E-state index contributed by atoms with van der Waals surface area (Å²) in [6, 6.07) is 7.45. The van der Waals surface area contributed by atoms with Crippen LogP contribution in [0.2, 0.25) is 0 Å². The predicted molar refractivity (Wildman–Crippen MR) is 70.3 cm³/mol. The standard InChI is InChI=1S/C14H14N2O4/c1-2-17-14(15)11-7-10(20-16-11)5-9-3-4-12-13(6-9)19-8-18-12/h3-4,6-7,15H,2,5,8H2,1H3. The van der Waals surface area contributed by atoms with Crippen molar-refractivity contribution in [2.45, 2.75) is 13.3 Å². The van der Waals surface area contributed by atoms with Gasteiger partial charge in [0.2, 0.25) is 12.7 Å². The van der Waals surface area contributed by atoms with E-state index in [4.69, 9.17) is 24.1 Å². The Balaban J connectivity index is 1.73. The zero-order valence-corrected chi connectivity index (χ0v) is 11.0. The molecule has 1 aliphatic rings. The van der Waals surface area contributed by atoms with Gasteiger partial charge >= 0.3 is 0 Å². The molecular formula is C14H14N2O4. The molecule has 6 heteroatoms. The van der Waals surface area contributed by atoms with Crippen molar-refractivity contribution in [2.75, 3.05) is 13.4 Å². The summed E-state index contributed by atoms with van der Waals surface area (Å²) in [5, 5.41) is 11.5. The number of benzene rings is 1. The first kappa shape index (κ1) is 12.5. The van der Waals surface area contributed by atoms with Gasteiger partial charge < -0.3 is 18.7 Å². The van der Waals surface area contributed by atoms with Crippen LogP contribution < -0.4 is 9.47 Å². The molecule has 0 unspecified atom stereocenters. The zero-order chi connectivity index (χ0) is 13.9. The minimum Gasteiger partial charge on any atom is -0.477 e. The molecule has 20 heavy (non-hydrogen) atoms. The molecule has 0 atom stereocenters. The van der Waals surface area contributed by atoms with Crippen LogP contribution >= 0.6 is 0 Å². The van der Waals surface area contributed by atoms with Gasteiger partial charge in [-0.3, -0.25) is 5.41 Å². The summed E-state index contributed by atoms with van der Waals surface area (Å²) in [6.07, 6.45) is 0.572. The maximum absolute atomic E-state index is 7.64. The molecule has 3 rings (SSSR count). The Hall–Kier alpha value is -2.50. The molecule has 1 aromatic carbocycles. The van der Waals surface area contributed by atoms with Gasteiger partial charge in [0, 0.05) is 12.5 Å². The Morgan fingerprint density at radius 1 is 1.30 bits per heavy atom. The van der Waals surface area contributed by atoms with Crippen molar-refractivity contribution in [1.29, 1.82) is 5.41 Å². The van der Waals surface area contributed by atoms with Crippen molar-refractivity contribution < 1.29 is 18.7 Å². The highest BCUT2D eigenvalue weighted by Gasteiger charge is 2.15. The van der Waals surface area contributed by atoms with Crippen molar-refractivity contribution >= 4 is 5.90 Å². The van der Waals surface area contributed by atoms with E-state index in [1.807, 2.05) is 25.1 Å². The molecule has 0 spiro atoms. The number of nitrogens with zero attached hydrogens (tertiary/aromatic N) is 1. The van der Waals surface area contributed by atoms with Gasteiger partial charge in [-0.2, -0.15) is 0 Å². The van der Waals surface area contributed by atoms with Crippen LogP contribution in [0.25, 0.3) is 0 Å². The van der Waals surface area contributed by atoms with E-state index in [0.29, 0.717) is 24.5 Å². The first-order valence-corrected chi connectivity index (χ1v) is 6.32. The molecule has 2 heterocycles. The fourth-order valence-corrected chi connectivity index (χ4v) is 1.97. The Labute approximate surface area is 115 Å². The first-order valence-electron chi connectivity index (χ1n) is 6.32. The van der Waals surface area contributed by atoms with E-state index in [1.165, 1.54) is 0 Å². The van der Waals surface area contributed by atoms with Gasteiger partial charge in [0.1, 0.15) is 5.76 Å². The quantitative estimate of drug-likeness (QED) is 0.684. The summed E-state index contributed by atoms with van der Waals surface area (Å²) in [4.78, 5) is 0. The molecule has 6 nitrogen and oxygen atoms in total. The smallest absolute Gasteiger partial charge is 0.236 e. The highest BCUT2D eigenvalue weighted by atomic mass is 16.7. The van der Waals surface area contributed by atoms with Gasteiger partial charge in [-0.1, -0.05) is 11.2 Å². The molecule has 0 aliphatic carbocycles. The average Bonchev–Trinajstić information content (AvgIpc) is 3.07. The largest absolute Gasteiger partial charge is 0.477 e. The summed E-state index contributed by atoms with van der Waals surface area (Å²) in [7, 11) is 0.